The van der Waals surface area contributed by atoms with Gasteiger partial charge in [0.1, 0.15) is 18.2 Å². The monoisotopic (exact) mass is 468 g/mol. The van der Waals surface area contributed by atoms with E-state index in [-0.39, 0.29) is 24.1 Å². The Hall–Kier alpha value is -3.27. The summed E-state index contributed by atoms with van der Waals surface area (Å²) in [6.45, 7) is 3.60. The van der Waals surface area contributed by atoms with Crippen molar-refractivity contribution < 1.29 is 13.6 Å². The number of thioether (sulfide) groups is 1. The molecule has 0 atom stereocenters. The van der Waals surface area contributed by atoms with E-state index in [9.17, 15) is 13.6 Å². The van der Waals surface area contributed by atoms with Crippen LogP contribution in [0.15, 0.2) is 53.5 Å². The van der Waals surface area contributed by atoms with Crippen LogP contribution >= 0.6 is 11.8 Å². The largest absolute Gasteiger partial charge is 0.348 e. The first-order valence-electron chi connectivity index (χ1n) is 10.7. The number of hydrogen-bond donors (Lipinski definition) is 0. The number of benzene rings is 2. The molecule has 0 radical (unpaired) electrons. The van der Waals surface area contributed by atoms with Crippen molar-refractivity contribution in [2.45, 2.75) is 6.54 Å². The predicted molar refractivity (Wildman–Crippen MR) is 124 cm³/mol. The maximum absolute atomic E-state index is 13.5. The van der Waals surface area contributed by atoms with E-state index in [0.29, 0.717) is 35.9 Å². The summed E-state index contributed by atoms with van der Waals surface area (Å²) in [5, 5.41) is 5.60. The second-order valence-corrected chi connectivity index (χ2v) is 8.87. The Morgan fingerprint density at radius 3 is 2.15 bits per heavy atom. The van der Waals surface area contributed by atoms with Gasteiger partial charge in [-0.3, -0.25) is 9.79 Å². The molecule has 7 nitrogen and oxygen atoms in total. The molecular formula is C23H22F2N6OS. The molecular weight excluding hydrogens is 446 g/mol. The number of carbonyl (C=O) groups is 1. The van der Waals surface area contributed by atoms with Gasteiger partial charge in [0, 0.05) is 43.1 Å². The number of halogens is 2. The molecule has 1 fully saturated rings. The highest BCUT2D eigenvalue weighted by Gasteiger charge is 2.26. The lowest BCUT2D eigenvalue weighted by molar-refractivity contribution is -0.133. The van der Waals surface area contributed by atoms with Crippen molar-refractivity contribution in [2.24, 2.45) is 4.99 Å². The topological polar surface area (TPSA) is 66.6 Å². The van der Waals surface area contributed by atoms with Crippen LogP contribution in [-0.4, -0.2) is 74.1 Å². The number of nitrogens with zero attached hydrogens (tertiary/aromatic N) is 6. The fourth-order valence-electron chi connectivity index (χ4n) is 3.88. The van der Waals surface area contributed by atoms with Crippen molar-refractivity contribution in [1.29, 1.82) is 0 Å². The summed E-state index contributed by atoms with van der Waals surface area (Å²) in [5.74, 6) is 1.08. The molecule has 2 aliphatic heterocycles. The van der Waals surface area contributed by atoms with E-state index < -0.39 is 0 Å². The van der Waals surface area contributed by atoms with Crippen LogP contribution in [0.2, 0.25) is 0 Å². The molecule has 0 aliphatic carbocycles. The van der Waals surface area contributed by atoms with Crippen molar-refractivity contribution in [2.75, 3.05) is 38.5 Å². The van der Waals surface area contributed by atoms with Gasteiger partial charge < -0.3 is 9.80 Å². The highest BCUT2D eigenvalue weighted by Crippen LogP contribution is 2.24. The highest BCUT2D eigenvalue weighted by atomic mass is 32.2. The molecule has 1 amide bonds. The SMILES string of the molecule is O=C(Cn1nc(-c2ccc(F)cc2)nc1-c1ccc(F)cc1)N1CCN(C2=NCCS2)CC1. The van der Waals surface area contributed by atoms with Crippen molar-refractivity contribution in [3.8, 4) is 22.8 Å². The lowest BCUT2D eigenvalue weighted by Gasteiger charge is -2.35. The molecule has 1 saturated heterocycles. The average Bonchev–Trinajstić information content (AvgIpc) is 3.51. The summed E-state index contributed by atoms with van der Waals surface area (Å²) in [7, 11) is 0. The maximum Gasteiger partial charge on any atom is 0.244 e. The van der Waals surface area contributed by atoms with E-state index in [0.717, 1.165) is 30.6 Å². The molecule has 2 aliphatic rings. The molecule has 1 aromatic heterocycles. The first kappa shape index (κ1) is 21.6. The Bertz CT molecular complexity index is 1170. The number of aliphatic imine (C=N–C) groups is 1. The van der Waals surface area contributed by atoms with Crippen molar-refractivity contribution in [3.05, 3.63) is 60.2 Å². The van der Waals surface area contributed by atoms with Gasteiger partial charge in [-0.05, 0) is 48.5 Å². The van der Waals surface area contributed by atoms with Crippen molar-refractivity contribution in [3.63, 3.8) is 0 Å². The predicted octanol–water partition coefficient (Wildman–Crippen LogP) is 3.14. The second kappa shape index (κ2) is 9.30. The number of aromatic nitrogens is 3. The molecule has 170 valence electrons. The van der Waals surface area contributed by atoms with Crippen LogP contribution in [0, 0.1) is 11.6 Å². The van der Waals surface area contributed by atoms with Gasteiger partial charge in [-0.15, -0.1) is 5.10 Å². The maximum atomic E-state index is 13.5. The molecule has 2 aromatic carbocycles. The third-order valence-electron chi connectivity index (χ3n) is 5.63. The molecule has 0 bridgehead atoms. The molecule has 3 heterocycles. The molecule has 5 rings (SSSR count). The summed E-state index contributed by atoms with van der Waals surface area (Å²) >= 11 is 1.76. The fraction of sp³-hybridized carbons (Fsp3) is 0.304. The third kappa shape index (κ3) is 4.75. The molecule has 0 N–H and O–H groups in total. The number of amidine groups is 1. The Labute approximate surface area is 194 Å². The Balaban J connectivity index is 1.36. The lowest BCUT2D eigenvalue weighted by Crippen LogP contribution is -2.50. The van der Waals surface area contributed by atoms with Crippen molar-refractivity contribution >= 4 is 22.8 Å². The third-order valence-corrected chi connectivity index (χ3v) is 6.67. The number of piperazine rings is 1. The van der Waals surface area contributed by atoms with E-state index in [1.807, 2.05) is 4.90 Å². The van der Waals surface area contributed by atoms with E-state index in [1.165, 1.54) is 28.9 Å². The summed E-state index contributed by atoms with van der Waals surface area (Å²) in [6.07, 6.45) is 0. The van der Waals surface area contributed by atoms with Crippen molar-refractivity contribution in [1.82, 2.24) is 24.6 Å². The van der Waals surface area contributed by atoms with Gasteiger partial charge in [-0.2, -0.15) is 0 Å². The minimum Gasteiger partial charge on any atom is -0.348 e. The van der Waals surface area contributed by atoms with Crippen LogP contribution in [0.25, 0.3) is 22.8 Å². The summed E-state index contributed by atoms with van der Waals surface area (Å²) in [5.41, 5.74) is 1.28. The molecule has 10 heteroatoms. The van der Waals surface area contributed by atoms with Crippen LogP contribution in [0.4, 0.5) is 8.78 Å². The zero-order valence-electron chi connectivity index (χ0n) is 17.8. The van der Waals surface area contributed by atoms with E-state index in [4.69, 9.17) is 0 Å². The normalized spacial score (nSPS) is 16.2. The smallest absolute Gasteiger partial charge is 0.244 e. The van der Waals surface area contributed by atoms with E-state index in [2.05, 4.69) is 20.0 Å². The van der Waals surface area contributed by atoms with Gasteiger partial charge in [0.15, 0.2) is 16.8 Å². The summed E-state index contributed by atoms with van der Waals surface area (Å²) in [4.78, 5) is 26.2. The Morgan fingerprint density at radius 1 is 0.909 bits per heavy atom. The number of hydrogen-bond acceptors (Lipinski definition) is 6. The minimum absolute atomic E-state index is 0.0105. The van der Waals surface area contributed by atoms with Crippen LogP contribution in [0.5, 0.6) is 0 Å². The van der Waals surface area contributed by atoms with Gasteiger partial charge in [-0.1, -0.05) is 11.8 Å². The fourth-order valence-corrected chi connectivity index (χ4v) is 4.79. The number of amides is 1. The van der Waals surface area contributed by atoms with Gasteiger partial charge in [0.05, 0.1) is 6.54 Å². The average molecular weight is 469 g/mol. The zero-order valence-corrected chi connectivity index (χ0v) is 18.6. The molecule has 0 unspecified atom stereocenters. The van der Waals surface area contributed by atoms with E-state index in [1.54, 1.807) is 36.0 Å². The minimum atomic E-state index is -0.359. The Morgan fingerprint density at radius 2 is 1.55 bits per heavy atom. The van der Waals surface area contributed by atoms with Gasteiger partial charge >= 0.3 is 0 Å². The van der Waals surface area contributed by atoms with Gasteiger partial charge in [-0.25, -0.2) is 18.4 Å². The summed E-state index contributed by atoms with van der Waals surface area (Å²) < 4.78 is 28.3. The van der Waals surface area contributed by atoms with Crippen LogP contribution in [0.1, 0.15) is 0 Å². The quantitative estimate of drug-likeness (QED) is 0.589. The van der Waals surface area contributed by atoms with Crippen LogP contribution in [0.3, 0.4) is 0 Å². The second-order valence-electron chi connectivity index (χ2n) is 7.81. The van der Waals surface area contributed by atoms with Gasteiger partial charge in [0.2, 0.25) is 5.91 Å². The number of carbonyl (C=O) groups excluding carboxylic acids is 1. The van der Waals surface area contributed by atoms with Crippen LogP contribution in [-0.2, 0) is 11.3 Å². The standard InChI is InChI=1S/C23H22F2N6OS/c24-18-5-1-16(2-6-18)21-27-22(17-3-7-19(25)8-4-17)31(28-21)15-20(32)29-10-12-30(13-11-29)23-26-9-14-33-23/h1-8H,9-15H2. The summed E-state index contributed by atoms with van der Waals surface area (Å²) in [6, 6.07) is 11.8. The highest BCUT2D eigenvalue weighted by molar-refractivity contribution is 8.14. The molecule has 0 spiro atoms. The van der Waals surface area contributed by atoms with E-state index >= 15 is 0 Å². The lowest BCUT2D eigenvalue weighted by atomic mass is 10.2. The zero-order chi connectivity index (χ0) is 22.8. The number of rotatable bonds is 4. The van der Waals surface area contributed by atoms with Crippen LogP contribution < -0.4 is 0 Å². The first-order chi connectivity index (χ1) is 16.1. The molecule has 33 heavy (non-hydrogen) atoms. The molecule has 3 aromatic rings. The Kier molecular flexibility index (Phi) is 6.08. The van der Waals surface area contributed by atoms with Gasteiger partial charge in [0.25, 0.3) is 0 Å². The molecule has 0 saturated carbocycles. The first-order valence-corrected chi connectivity index (χ1v) is 11.7.